The van der Waals surface area contributed by atoms with Crippen molar-refractivity contribution in [2.75, 3.05) is 25.6 Å². The van der Waals surface area contributed by atoms with Crippen LogP contribution in [0.3, 0.4) is 0 Å². The molecule has 1 saturated heterocycles. The van der Waals surface area contributed by atoms with Crippen molar-refractivity contribution >= 4 is 11.3 Å². The zero-order chi connectivity index (χ0) is 14.9. The van der Waals surface area contributed by atoms with E-state index in [1.165, 1.54) is 5.57 Å². The maximum atomic E-state index is 6.31. The van der Waals surface area contributed by atoms with Gasteiger partial charge in [-0.25, -0.2) is 0 Å². The maximum Gasteiger partial charge on any atom is 0.172 e. The summed E-state index contributed by atoms with van der Waals surface area (Å²) in [4.78, 5) is 0. The predicted octanol–water partition coefficient (Wildman–Crippen LogP) is 3.29. The highest BCUT2D eigenvalue weighted by molar-refractivity contribution is 5.79. The highest BCUT2D eigenvalue weighted by atomic mass is 16.7. The van der Waals surface area contributed by atoms with Crippen LogP contribution < -0.4 is 10.5 Å². The SMILES string of the molecule is CCOc1ccc(C2=CCC3(CC2)OCCO3)c(N)c1C. The Hall–Kier alpha value is -1.52. The lowest BCUT2D eigenvalue weighted by Gasteiger charge is -2.31. The molecule has 1 heterocycles. The number of nitrogen functional groups attached to an aromatic ring is 1. The van der Waals surface area contributed by atoms with Gasteiger partial charge in [0.15, 0.2) is 5.79 Å². The summed E-state index contributed by atoms with van der Waals surface area (Å²) in [6, 6.07) is 4.08. The molecule has 2 N–H and O–H groups in total. The molecule has 2 aliphatic rings. The standard InChI is InChI=1S/C17H23NO3/c1-3-19-15-5-4-14(16(18)12(15)2)13-6-8-17(9-7-13)20-10-11-21-17/h4-6H,3,7-11,18H2,1-2H3. The molecule has 0 atom stereocenters. The van der Waals surface area contributed by atoms with Crippen LogP contribution in [-0.2, 0) is 9.47 Å². The minimum Gasteiger partial charge on any atom is -0.494 e. The van der Waals surface area contributed by atoms with E-state index in [0.29, 0.717) is 19.8 Å². The number of hydrogen-bond acceptors (Lipinski definition) is 4. The van der Waals surface area contributed by atoms with Crippen molar-refractivity contribution in [2.24, 2.45) is 0 Å². The van der Waals surface area contributed by atoms with Gasteiger partial charge in [-0.05, 0) is 38.0 Å². The summed E-state index contributed by atoms with van der Waals surface area (Å²) < 4.78 is 17.1. The molecular formula is C17H23NO3. The fourth-order valence-corrected chi connectivity index (χ4v) is 3.11. The Morgan fingerprint density at radius 3 is 2.67 bits per heavy atom. The van der Waals surface area contributed by atoms with Crippen LogP contribution in [0, 0.1) is 6.92 Å². The van der Waals surface area contributed by atoms with E-state index < -0.39 is 0 Å². The Morgan fingerprint density at radius 1 is 1.29 bits per heavy atom. The number of allylic oxidation sites excluding steroid dienone is 1. The molecule has 0 unspecified atom stereocenters. The third-order valence-corrected chi connectivity index (χ3v) is 4.36. The lowest BCUT2D eigenvalue weighted by Crippen LogP contribution is -2.31. The molecule has 1 aliphatic carbocycles. The smallest absolute Gasteiger partial charge is 0.172 e. The molecule has 1 aromatic carbocycles. The second-order valence-corrected chi connectivity index (χ2v) is 5.62. The quantitative estimate of drug-likeness (QED) is 0.868. The zero-order valence-corrected chi connectivity index (χ0v) is 12.8. The fraction of sp³-hybridized carbons (Fsp3) is 0.529. The average Bonchev–Trinajstić information content (AvgIpc) is 2.94. The first kappa shape index (κ1) is 14.4. The summed E-state index contributed by atoms with van der Waals surface area (Å²) in [5.41, 5.74) is 10.5. The summed E-state index contributed by atoms with van der Waals surface area (Å²) in [6.07, 6.45) is 4.83. The second-order valence-electron chi connectivity index (χ2n) is 5.62. The average molecular weight is 289 g/mol. The number of anilines is 1. The van der Waals surface area contributed by atoms with E-state index in [0.717, 1.165) is 41.8 Å². The van der Waals surface area contributed by atoms with Gasteiger partial charge in [0.2, 0.25) is 0 Å². The van der Waals surface area contributed by atoms with Gasteiger partial charge in [0.1, 0.15) is 5.75 Å². The normalized spacial score (nSPS) is 20.6. The van der Waals surface area contributed by atoms with Crippen molar-refractivity contribution in [3.05, 3.63) is 29.3 Å². The van der Waals surface area contributed by atoms with Gasteiger partial charge in [0.05, 0.1) is 19.8 Å². The molecule has 0 aromatic heterocycles. The van der Waals surface area contributed by atoms with Crippen LogP contribution >= 0.6 is 0 Å². The topological polar surface area (TPSA) is 53.7 Å². The van der Waals surface area contributed by atoms with E-state index >= 15 is 0 Å². The predicted molar refractivity (Wildman–Crippen MR) is 83.2 cm³/mol. The van der Waals surface area contributed by atoms with Gasteiger partial charge in [-0.15, -0.1) is 0 Å². The summed E-state index contributed by atoms with van der Waals surface area (Å²) in [6.45, 7) is 6.05. The van der Waals surface area contributed by atoms with Crippen LogP contribution in [0.25, 0.3) is 5.57 Å². The van der Waals surface area contributed by atoms with Gasteiger partial charge in [-0.3, -0.25) is 0 Å². The maximum absolute atomic E-state index is 6.31. The second kappa shape index (κ2) is 5.70. The first-order valence-corrected chi connectivity index (χ1v) is 7.64. The molecular weight excluding hydrogens is 266 g/mol. The van der Waals surface area contributed by atoms with Crippen LogP contribution in [-0.4, -0.2) is 25.6 Å². The van der Waals surface area contributed by atoms with E-state index in [-0.39, 0.29) is 5.79 Å². The van der Waals surface area contributed by atoms with Crippen LogP contribution in [0.4, 0.5) is 5.69 Å². The minimum atomic E-state index is -0.376. The monoisotopic (exact) mass is 289 g/mol. The lowest BCUT2D eigenvalue weighted by atomic mass is 9.88. The number of nitrogens with two attached hydrogens (primary N) is 1. The van der Waals surface area contributed by atoms with Crippen LogP contribution in [0.1, 0.15) is 37.3 Å². The first-order chi connectivity index (χ1) is 10.2. The summed E-state index contributed by atoms with van der Waals surface area (Å²) >= 11 is 0. The van der Waals surface area contributed by atoms with Crippen LogP contribution in [0.15, 0.2) is 18.2 Å². The molecule has 1 spiro atoms. The molecule has 0 bridgehead atoms. The summed E-state index contributed by atoms with van der Waals surface area (Å²) in [5, 5.41) is 0. The number of benzene rings is 1. The molecule has 0 amide bonds. The van der Waals surface area contributed by atoms with Crippen molar-refractivity contribution in [1.29, 1.82) is 0 Å². The van der Waals surface area contributed by atoms with Gasteiger partial charge in [-0.1, -0.05) is 6.08 Å². The Balaban J connectivity index is 1.84. The third-order valence-electron chi connectivity index (χ3n) is 4.36. The largest absolute Gasteiger partial charge is 0.494 e. The van der Waals surface area contributed by atoms with E-state index in [1.54, 1.807) is 0 Å². The number of ether oxygens (including phenoxy) is 3. The van der Waals surface area contributed by atoms with Gasteiger partial charge in [-0.2, -0.15) is 0 Å². The Bertz CT molecular complexity index is 559. The summed E-state index contributed by atoms with van der Waals surface area (Å²) in [7, 11) is 0. The van der Waals surface area contributed by atoms with E-state index in [1.807, 2.05) is 19.9 Å². The molecule has 4 nitrogen and oxygen atoms in total. The molecule has 4 heteroatoms. The lowest BCUT2D eigenvalue weighted by molar-refractivity contribution is -0.159. The van der Waals surface area contributed by atoms with Crippen molar-refractivity contribution in [1.82, 2.24) is 0 Å². The van der Waals surface area contributed by atoms with Crippen molar-refractivity contribution in [3.8, 4) is 5.75 Å². The molecule has 21 heavy (non-hydrogen) atoms. The first-order valence-electron chi connectivity index (χ1n) is 7.64. The molecule has 114 valence electrons. The Labute approximate surface area is 125 Å². The van der Waals surface area contributed by atoms with E-state index in [9.17, 15) is 0 Å². The van der Waals surface area contributed by atoms with E-state index in [2.05, 4.69) is 12.1 Å². The minimum absolute atomic E-state index is 0.376. The van der Waals surface area contributed by atoms with E-state index in [4.69, 9.17) is 19.9 Å². The molecule has 0 saturated carbocycles. The zero-order valence-electron chi connectivity index (χ0n) is 12.8. The van der Waals surface area contributed by atoms with Gasteiger partial charge in [0.25, 0.3) is 0 Å². The Kier molecular flexibility index (Phi) is 3.91. The van der Waals surface area contributed by atoms with Gasteiger partial charge in [0, 0.05) is 29.7 Å². The molecule has 3 rings (SSSR count). The summed E-state index contributed by atoms with van der Waals surface area (Å²) in [5.74, 6) is 0.493. The molecule has 1 fully saturated rings. The van der Waals surface area contributed by atoms with Crippen molar-refractivity contribution in [2.45, 2.75) is 38.9 Å². The van der Waals surface area contributed by atoms with Gasteiger partial charge >= 0.3 is 0 Å². The van der Waals surface area contributed by atoms with Crippen LogP contribution in [0.2, 0.25) is 0 Å². The van der Waals surface area contributed by atoms with Crippen molar-refractivity contribution in [3.63, 3.8) is 0 Å². The highest BCUT2D eigenvalue weighted by Crippen LogP contribution is 2.41. The Morgan fingerprint density at radius 2 is 2.05 bits per heavy atom. The molecule has 0 radical (unpaired) electrons. The molecule has 1 aromatic rings. The molecule has 1 aliphatic heterocycles. The third kappa shape index (κ3) is 2.65. The number of hydrogen-bond donors (Lipinski definition) is 1. The van der Waals surface area contributed by atoms with Crippen molar-refractivity contribution < 1.29 is 14.2 Å². The number of rotatable bonds is 3. The highest BCUT2D eigenvalue weighted by Gasteiger charge is 2.37. The van der Waals surface area contributed by atoms with Gasteiger partial charge < -0.3 is 19.9 Å². The fourth-order valence-electron chi connectivity index (χ4n) is 3.11. The van der Waals surface area contributed by atoms with Crippen LogP contribution in [0.5, 0.6) is 5.75 Å².